The van der Waals surface area contributed by atoms with Gasteiger partial charge in [0, 0.05) is 13.1 Å². The highest BCUT2D eigenvalue weighted by atomic mass is 32.2. The Bertz CT molecular complexity index is 1070. The molecule has 3 rings (SSSR count). The summed E-state index contributed by atoms with van der Waals surface area (Å²) >= 11 is 2.93. The molecular weight excluding hydrogens is 416 g/mol. The molecule has 1 atom stereocenters. The van der Waals surface area contributed by atoms with Gasteiger partial charge in [0.15, 0.2) is 5.13 Å². The Kier molecular flexibility index (Phi) is 6.04. The van der Waals surface area contributed by atoms with Gasteiger partial charge < -0.3 is 10.2 Å². The van der Waals surface area contributed by atoms with Crippen LogP contribution in [-0.4, -0.2) is 32.4 Å². The molecule has 7 nitrogen and oxygen atoms in total. The number of sulfonamides is 1. The van der Waals surface area contributed by atoms with E-state index >= 15 is 0 Å². The van der Waals surface area contributed by atoms with Gasteiger partial charge in [-0.1, -0.05) is 23.5 Å². The number of nitrogens with zero attached hydrogens (tertiary/aromatic N) is 2. The molecule has 1 amide bonds. The van der Waals surface area contributed by atoms with Crippen LogP contribution in [-0.2, 0) is 10.0 Å². The SMILES string of the molecule is CCN(CC)c1nc2sc(C(=O)NC(C)c3cccc(S(N)(=O)=O)c3)cc2s1. The lowest BCUT2D eigenvalue weighted by Crippen LogP contribution is -2.26. The third-order valence-corrected chi connectivity index (χ3v) is 7.50. The number of nitrogens with one attached hydrogen (secondary N) is 1. The molecule has 0 aliphatic rings. The van der Waals surface area contributed by atoms with Gasteiger partial charge in [0.25, 0.3) is 5.91 Å². The molecule has 0 aliphatic heterocycles. The zero-order valence-corrected chi connectivity index (χ0v) is 18.2. The van der Waals surface area contributed by atoms with Crippen molar-refractivity contribution in [3.8, 4) is 0 Å². The molecule has 0 bridgehead atoms. The van der Waals surface area contributed by atoms with Crippen molar-refractivity contribution in [3.05, 3.63) is 40.8 Å². The van der Waals surface area contributed by atoms with E-state index in [1.807, 2.05) is 6.07 Å². The zero-order chi connectivity index (χ0) is 20.5. The van der Waals surface area contributed by atoms with Gasteiger partial charge in [-0.25, -0.2) is 18.5 Å². The van der Waals surface area contributed by atoms with Gasteiger partial charge in [-0.15, -0.1) is 11.3 Å². The summed E-state index contributed by atoms with van der Waals surface area (Å²) in [6.07, 6.45) is 0. The summed E-state index contributed by atoms with van der Waals surface area (Å²) < 4.78 is 24.0. The molecule has 10 heteroatoms. The van der Waals surface area contributed by atoms with Gasteiger partial charge in [0.2, 0.25) is 10.0 Å². The molecule has 2 aromatic heterocycles. The maximum Gasteiger partial charge on any atom is 0.261 e. The third-order valence-electron chi connectivity index (χ3n) is 4.37. The quantitative estimate of drug-likeness (QED) is 0.588. The molecule has 28 heavy (non-hydrogen) atoms. The Morgan fingerprint density at radius 3 is 2.57 bits per heavy atom. The summed E-state index contributed by atoms with van der Waals surface area (Å²) in [5, 5.41) is 9.05. The molecular formula is C18H22N4O3S3. The predicted octanol–water partition coefficient (Wildman–Crippen LogP) is 3.34. The molecule has 0 radical (unpaired) electrons. The first-order valence-electron chi connectivity index (χ1n) is 8.81. The molecule has 0 saturated carbocycles. The fraction of sp³-hybridized carbons (Fsp3) is 0.333. The Hall–Kier alpha value is -2.01. The van der Waals surface area contributed by atoms with Crippen molar-refractivity contribution >= 4 is 53.3 Å². The number of primary sulfonamides is 1. The normalized spacial score (nSPS) is 12.9. The van der Waals surface area contributed by atoms with Crippen molar-refractivity contribution in [1.29, 1.82) is 0 Å². The lowest BCUT2D eigenvalue weighted by Gasteiger charge is -2.16. The second-order valence-corrected chi connectivity index (χ2v) is 9.86. The summed E-state index contributed by atoms with van der Waals surface area (Å²) in [5.74, 6) is -0.215. The standard InChI is InChI=1S/C18H22N4O3S3/c1-4-22(5-2)18-21-17-15(27-18)10-14(26-17)16(23)20-11(3)12-7-6-8-13(9-12)28(19,24)25/h6-11H,4-5H2,1-3H3,(H,20,23)(H2,19,24,25). The number of carbonyl (C=O) groups excluding carboxylic acids is 1. The van der Waals surface area contributed by atoms with Crippen molar-refractivity contribution in [2.75, 3.05) is 18.0 Å². The van der Waals surface area contributed by atoms with E-state index in [0.29, 0.717) is 10.4 Å². The van der Waals surface area contributed by atoms with Crippen LogP contribution >= 0.6 is 22.7 Å². The van der Waals surface area contributed by atoms with Crippen LogP contribution in [0.15, 0.2) is 35.2 Å². The molecule has 0 fully saturated rings. The summed E-state index contributed by atoms with van der Waals surface area (Å²) in [6, 6.07) is 7.76. The second kappa shape index (κ2) is 8.16. The van der Waals surface area contributed by atoms with Gasteiger partial charge in [-0.2, -0.15) is 0 Å². The lowest BCUT2D eigenvalue weighted by atomic mass is 10.1. The summed E-state index contributed by atoms with van der Waals surface area (Å²) in [5.41, 5.74) is 0.667. The molecule has 0 aliphatic carbocycles. The number of thiazole rings is 1. The Labute approximate surface area is 172 Å². The van der Waals surface area contributed by atoms with Crippen LogP contribution in [0, 0.1) is 0 Å². The van der Waals surface area contributed by atoms with Gasteiger partial charge in [-0.05, 0) is 44.5 Å². The minimum atomic E-state index is -3.79. The number of rotatable bonds is 7. The minimum absolute atomic E-state index is 0.0240. The molecule has 2 heterocycles. The van der Waals surface area contributed by atoms with Crippen LogP contribution < -0.4 is 15.4 Å². The maximum absolute atomic E-state index is 12.6. The van der Waals surface area contributed by atoms with Crippen molar-refractivity contribution < 1.29 is 13.2 Å². The Balaban J connectivity index is 1.76. The lowest BCUT2D eigenvalue weighted by molar-refractivity contribution is 0.0944. The van der Waals surface area contributed by atoms with Crippen molar-refractivity contribution in [2.45, 2.75) is 31.7 Å². The number of hydrogen-bond acceptors (Lipinski definition) is 7. The van der Waals surface area contributed by atoms with Crippen molar-refractivity contribution in [3.63, 3.8) is 0 Å². The highest BCUT2D eigenvalue weighted by molar-refractivity contribution is 7.89. The van der Waals surface area contributed by atoms with E-state index in [0.717, 1.165) is 27.8 Å². The van der Waals surface area contributed by atoms with Crippen LogP contribution in [0.2, 0.25) is 0 Å². The van der Waals surface area contributed by atoms with E-state index in [1.165, 1.54) is 23.5 Å². The number of aromatic nitrogens is 1. The van der Waals surface area contributed by atoms with E-state index in [1.54, 1.807) is 30.4 Å². The fourth-order valence-corrected chi connectivity index (χ4v) is 5.59. The van der Waals surface area contributed by atoms with Gasteiger partial charge in [0.05, 0.1) is 20.5 Å². The van der Waals surface area contributed by atoms with E-state index in [4.69, 9.17) is 5.14 Å². The van der Waals surface area contributed by atoms with Crippen LogP contribution in [0.4, 0.5) is 5.13 Å². The largest absolute Gasteiger partial charge is 0.349 e. The molecule has 150 valence electrons. The average molecular weight is 439 g/mol. The van der Waals surface area contributed by atoms with Crippen LogP contribution in [0.1, 0.15) is 42.0 Å². The highest BCUT2D eigenvalue weighted by Crippen LogP contribution is 2.34. The predicted molar refractivity (Wildman–Crippen MR) is 115 cm³/mol. The number of fused-ring (bicyclic) bond motifs is 1. The highest BCUT2D eigenvalue weighted by Gasteiger charge is 2.18. The summed E-state index contributed by atoms with van der Waals surface area (Å²) in [7, 11) is -3.79. The number of benzene rings is 1. The summed E-state index contributed by atoms with van der Waals surface area (Å²) in [4.78, 5) is 20.9. The number of nitrogens with two attached hydrogens (primary N) is 1. The van der Waals surface area contributed by atoms with E-state index < -0.39 is 10.0 Å². The van der Waals surface area contributed by atoms with Crippen LogP contribution in [0.3, 0.4) is 0 Å². The third kappa shape index (κ3) is 4.35. The smallest absolute Gasteiger partial charge is 0.261 e. The Morgan fingerprint density at radius 1 is 1.25 bits per heavy atom. The first kappa shape index (κ1) is 20.7. The molecule has 1 aromatic carbocycles. The maximum atomic E-state index is 12.6. The average Bonchev–Trinajstić information content (AvgIpc) is 3.21. The molecule has 0 saturated heterocycles. The molecule has 0 spiro atoms. The van der Waals surface area contributed by atoms with Crippen molar-refractivity contribution in [2.24, 2.45) is 5.14 Å². The second-order valence-electron chi connectivity index (χ2n) is 6.26. The first-order valence-corrected chi connectivity index (χ1v) is 12.0. The van der Waals surface area contributed by atoms with Crippen molar-refractivity contribution in [1.82, 2.24) is 10.3 Å². The first-order chi connectivity index (χ1) is 13.2. The number of hydrogen-bond donors (Lipinski definition) is 2. The van der Waals surface area contributed by atoms with Crippen LogP contribution in [0.25, 0.3) is 9.53 Å². The monoisotopic (exact) mass is 438 g/mol. The minimum Gasteiger partial charge on any atom is -0.349 e. The number of thiophene rings is 1. The topological polar surface area (TPSA) is 105 Å². The van der Waals surface area contributed by atoms with E-state index in [2.05, 4.69) is 29.0 Å². The van der Waals surface area contributed by atoms with Gasteiger partial charge >= 0.3 is 0 Å². The number of carbonyl (C=O) groups is 1. The van der Waals surface area contributed by atoms with Gasteiger partial charge in [-0.3, -0.25) is 4.79 Å². The van der Waals surface area contributed by atoms with E-state index in [-0.39, 0.29) is 16.8 Å². The molecule has 3 N–H and O–H groups in total. The fourth-order valence-electron chi connectivity index (χ4n) is 2.78. The Morgan fingerprint density at radius 2 is 1.96 bits per heavy atom. The summed E-state index contributed by atoms with van der Waals surface area (Å²) in [6.45, 7) is 7.75. The number of anilines is 1. The molecule has 3 aromatic rings. The molecule has 1 unspecified atom stereocenters. The van der Waals surface area contributed by atoms with E-state index in [9.17, 15) is 13.2 Å². The zero-order valence-electron chi connectivity index (χ0n) is 15.8. The van der Waals surface area contributed by atoms with Gasteiger partial charge in [0.1, 0.15) is 4.83 Å². The van der Waals surface area contributed by atoms with Crippen LogP contribution in [0.5, 0.6) is 0 Å². The number of amides is 1.